The van der Waals surface area contributed by atoms with Gasteiger partial charge in [0.05, 0.1) is 18.3 Å². The third kappa shape index (κ3) is 3.65. The van der Waals surface area contributed by atoms with E-state index in [4.69, 9.17) is 31.7 Å². The summed E-state index contributed by atoms with van der Waals surface area (Å²) < 4.78 is 10.1. The highest BCUT2D eigenvalue weighted by molar-refractivity contribution is 5.93. The van der Waals surface area contributed by atoms with Crippen molar-refractivity contribution in [3.8, 4) is 17.0 Å². The zero-order chi connectivity index (χ0) is 18.9. The number of pyridine rings is 1. The molecule has 0 amide bonds. The number of aromatic nitrogens is 1. The van der Waals surface area contributed by atoms with E-state index in [-0.39, 0.29) is 11.3 Å². The van der Waals surface area contributed by atoms with Gasteiger partial charge >= 0.3 is 5.97 Å². The number of benzene rings is 2. The Labute approximate surface area is 150 Å². The van der Waals surface area contributed by atoms with Gasteiger partial charge in [-0.3, -0.25) is 17.2 Å². The molecule has 0 saturated carbocycles. The molecule has 6 N–H and O–H groups in total. The second-order valence-corrected chi connectivity index (χ2v) is 6.00. The first-order valence-corrected chi connectivity index (χ1v) is 7.93. The largest absolute Gasteiger partial charge is 0.465 e. The van der Waals surface area contributed by atoms with Crippen LogP contribution in [0.1, 0.15) is 15.9 Å². The first-order chi connectivity index (χ1) is 12.3. The molecule has 7 heteroatoms. The van der Waals surface area contributed by atoms with Crippen molar-refractivity contribution in [1.29, 1.82) is 0 Å². The van der Waals surface area contributed by atoms with Gasteiger partial charge in [-0.05, 0) is 36.8 Å². The fourth-order valence-electron chi connectivity index (χ4n) is 2.74. The van der Waals surface area contributed by atoms with E-state index in [0.29, 0.717) is 0 Å². The molecule has 0 radical (unpaired) electrons. The van der Waals surface area contributed by atoms with Crippen LogP contribution >= 0.6 is 0 Å². The molecule has 1 aromatic heterocycles. The number of hydrogen-bond acceptors (Lipinski definition) is 7. The molecule has 0 aliphatic rings. The molecule has 0 spiro atoms. The summed E-state index contributed by atoms with van der Waals surface area (Å²) in [5, 5.41) is 1.04. The van der Waals surface area contributed by atoms with Crippen LogP contribution in [0.4, 0.5) is 0 Å². The van der Waals surface area contributed by atoms with Crippen LogP contribution in [0.3, 0.4) is 0 Å². The molecule has 3 aromatic rings. The van der Waals surface area contributed by atoms with Gasteiger partial charge in [0, 0.05) is 10.9 Å². The van der Waals surface area contributed by atoms with Gasteiger partial charge in [-0.1, -0.05) is 24.3 Å². The Morgan fingerprint density at radius 3 is 2.50 bits per heavy atom. The average Bonchev–Trinajstić information content (AvgIpc) is 2.59. The average molecular weight is 352 g/mol. The van der Waals surface area contributed by atoms with E-state index in [2.05, 4.69) is 0 Å². The SMILES string of the molecule is COC(=O)c1ccc(-c2nc3ccccc3cc2C)cc1OC(N)(N)N. The van der Waals surface area contributed by atoms with Gasteiger partial charge in [-0.15, -0.1) is 0 Å². The third-order valence-electron chi connectivity index (χ3n) is 3.86. The minimum atomic E-state index is -1.94. The van der Waals surface area contributed by atoms with Crippen LogP contribution < -0.4 is 21.9 Å². The topological polar surface area (TPSA) is 126 Å². The lowest BCUT2D eigenvalue weighted by atomic mass is 10.0. The summed E-state index contributed by atoms with van der Waals surface area (Å²) in [5.41, 5.74) is 20.1. The summed E-state index contributed by atoms with van der Waals surface area (Å²) >= 11 is 0. The molecule has 2 aromatic carbocycles. The van der Waals surface area contributed by atoms with Crippen molar-refractivity contribution in [3.05, 3.63) is 59.7 Å². The van der Waals surface area contributed by atoms with Crippen molar-refractivity contribution >= 4 is 16.9 Å². The number of nitrogens with zero attached hydrogens (tertiary/aromatic N) is 1. The number of hydrogen-bond donors (Lipinski definition) is 3. The number of nitrogens with two attached hydrogens (primary N) is 3. The second kappa shape index (κ2) is 6.72. The van der Waals surface area contributed by atoms with Crippen LogP contribution in [0, 0.1) is 6.92 Å². The van der Waals surface area contributed by atoms with E-state index in [1.807, 2.05) is 37.3 Å². The summed E-state index contributed by atoms with van der Waals surface area (Å²) in [5.74, 6) is -2.40. The van der Waals surface area contributed by atoms with E-state index >= 15 is 0 Å². The van der Waals surface area contributed by atoms with Crippen molar-refractivity contribution in [2.45, 2.75) is 12.9 Å². The molecule has 0 atom stereocenters. The van der Waals surface area contributed by atoms with Crippen LogP contribution in [-0.2, 0) is 4.74 Å². The monoisotopic (exact) mass is 352 g/mol. The summed E-state index contributed by atoms with van der Waals surface area (Å²) in [4.78, 5) is 16.7. The fraction of sp³-hybridized carbons (Fsp3) is 0.158. The van der Waals surface area contributed by atoms with E-state index < -0.39 is 11.9 Å². The number of carbonyl (C=O) groups is 1. The first kappa shape index (κ1) is 17.8. The fourth-order valence-corrected chi connectivity index (χ4v) is 2.74. The van der Waals surface area contributed by atoms with Crippen LogP contribution in [0.25, 0.3) is 22.2 Å². The van der Waals surface area contributed by atoms with E-state index in [0.717, 1.165) is 27.7 Å². The molecule has 7 nitrogen and oxygen atoms in total. The molecule has 134 valence electrons. The molecule has 3 rings (SSSR count). The molecule has 1 heterocycles. The minimum Gasteiger partial charge on any atom is -0.465 e. The predicted octanol–water partition coefficient (Wildman–Crippen LogP) is 1.86. The molecule has 26 heavy (non-hydrogen) atoms. The van der Waals surface area contributed by atoms with Gasteiger partial charge < -0.3 is 9.47 Å². The maximum Gasteiger partial charge on any atom is 0.341 e. The number of methoxy groups -OCH3 is 1. The molecule has 0 saturated heterocycles. The Bertz CT molecular complexity index is 980. The van der Waals surface area contributed by atoms with Crippen molar-refractivity contribution < 1.29 is 14.3 Å². The van der Waals surface area contributed by atoms with Gasteiger partial charge in [0.15, 0.2) is 0 Å². The highest BCUT2D eigenvalue weighted by atomic mass is 16.5. The van der Waals surface area contributed by atoms with Crippen LogP contribution in [0.15, 0.2) is 48.5 Å². The normalized spacial score (nSPS) is 11.4. The van der Waals surface area contributed by atoms with Crippen molar-refractivity contribution in [1.82, 2.24) is 4.98 Å². The van der Waals surface area contributed by atoms with Crippen LogP contribution in [0.2, 0.25) is 0 Å². The van der Waals surface area contributed by atoms with Gasteiger partial charge in [0.1, 0.15) is 11.3 Å². The summed E-state index contributed by atoms with van der Waals surface area (Å²) in [6.45, 7) is 1.96. The van der Waals surface area contributed by atoms with E-state index in [1.165, 1.54) is 7.11 Å². The third-order valence-corrected chi connectivity index (χ3v) is 3.86. The Morgan fingerprint density at radius 1 is 1.08 bits per heavy atom. The Balaban J connectivity index is 2.15. The number of rotatable bonds is 4. The maximum atomic E-state index is 12.0. The quantitative estimate of drug-likeness (QED) is 0.483. The zero-order valence-electron chi connectivity index (χ0n) is 14.5. The number of aryl methyl sites for hydroxylation is 1. The summed E-state index contributed by atoms with van der Waals surface area (Å²) in [7, 11) is 1.27. The zero-order valence-corrected chi connectivity index (χ0v) is 14.5. The number of fused-ring (bicyclic) bond motifs is 1. The first-order valence-electron chi connectivity index (χ1n) is 7.93. The Morgan fingerprint density at radius 2 is 1.81 bits per heavy atom. The lowest BCUT2D eigenvalue weighted by Crippen LogP contribution is -2.62. The van der Waals surface area contributed by atoms with E-state index in [9.17, 15) is 4.79 Å². The van der Waals surface area contributed by atoms with Crippen molar-refractivity contribution in [2.75, 3.05) is 7.11 Å². The lowest BCUT2D eigenvalue weighted by Gasteiger charge is -2.22. The number of esters is 1. The van der Waals surface area contributed by atoms with E-state index in [1.54, 1.807) is 18.2 Å². The molecule has 0 aliphatic carbocycles. The summed E-state index contributed by atoms with van der Waals surface area (Å²) in [6, 6.07) is 14.8. The number of ether oxygens (including phenoxy) is 2. The molecule has 0 fully saturated rings. The highest BCUT2D eigenvalue weighted by Crippen LogP contribution is 2.31. The van der Waals surface area contributed by atoms with Crippen LogP contribution in [0.5, 0.6) is 5.75 Å². The van der Waals surface area contributed by atoms with Gasteiger partial charge in [-0.25, -0.2) is 9.78 Å². The Kier molecular flexibility index (Phi) is 4.60. The lowest BCUT2D eigenvalue weighted by molar-refractivity contribution is 0.0571. The minimum absolute atomic E-state index is 0.121. The highest BCUT2D eigenvalue weighted by Gasteiger charge is 2.21. The summed E-state index contributed by atoms with van der Waals surface area (Å²) in [6.07, 6.45) is 0. The molecular formula is C19H20N4O3. The molecule has 0 bridgehead atoms. The molecular weight excluding hydrogens is 332 g/mol. The predicted molar refractivity (Wildman–Crippen MR) is 99.2 cm³/mol. The second-order valence-electron chi connectivity index (χ2n) is 6.00. The number of carbonyl (C=O) groups excluding carboxylic acids is 1. The maximum absolute atomic E-state index is 12.0. The van der Waals surface area contributed by atoms with Gasteiger partial charge in [0.2, 0.25) is 0 Å². The number of para-hydroxylation sites is 1. The van der Waals surface area contributed by atoms with Crippen molar-refractivity contribution in [2.24, 2.45) is 17.2 Å². The smallest absolute Gasteiger partial charge is 0.341 e. The van der Waals surface area contributed by atoms with Crippen LogP contribution in [-0.4, -0.2) is 24.0 Å². The van der Waals surface area contributed by atoms with Gasteiger partial charge in [0.25, 0.3) is 5.97 Å². The standard InChI is InChI=1S/C19H20N4O3/c1-11-9-12-5-3-4-6-15(12)23-17(11)13-7-8-14(18(24)25-2)16(10-13)26-19(20,21)22/h3-10H,20-22H2,1-2H3. The van der Waals surface area contributed by atoms with Gasteiger partial charge in [-0.2, -0.15) is 0 Å². The molecule has 0 unspecified atom stereocenters. The Hall–Kier alpha value is -3.00. The van der Waals surface area contributed by atoms with Crippen molar-refractivity contribution in [3.63, 3.8) is 0 Å². The molecule has 0 aliphatic heterocycles.